The molecule has 0 saturated carbocycles. The Labute approximate surface area is 182 Å². The van der Waals surface area contributed by atoms with Gasteiger partial charge in [-0.15, -0.1) is 0 Å². The van der Waals surface area contributed by atoms with Crippen molar-refractivity contribution in [2.24, 2.45) is 0 Å². The van der Waals surface area contributed by atoms with Gasteiger partial charge in [0.1, 0.15) is 6.61 Å². The number of carbonyl (C=O) groups excluding carboxylic acids is 2. The summed E-state index contributed by atoms with van der Waals surface area (Å²) in [6, 6.07) is 17.7. The molecule has 2 amide bonds. The van der Waals surface area contributed by atoms with Gasteiger partial charge in [0.25, 0.3) is 5.91 Å². The van der Waals surface area contributed by atoms with Crippen LogP contribution in [0.4, 0.5) is 0 Å². The number of carbonyl (C=O) groups is 2. The molecule has 7 nitrogen and oxygen atoms in total. The zero-order valence-electron chi connectivity index (χ0n) is 17.7. The van der Waals surface area contributed by atoms with Crippen LogP contribution in [0, 0.1) is 0 Å². The maximum atomic E-state index is 12.8. The number of benzene rings is 2. The topological polar surface area (TPSA) is 71.1 Å². The first-order valence-corrected chi connectivity index (χ1v) is 10.9. The Morgan fingerprint density at radius 3 is 2.42 bits per heavy atom. The van der Waals surface area contributed by atoms with Crippen LogP contribution < -0.4 is 14.8 Å². The lowest BCUT2D eigenvalue weighted by Crippen LogP contribution is -2.55. The Morgan fingerprint density at radius 2 is 1.65 bits per heavy atom. The Balaban J connectivity index is 1.14. The summed E-state index contributed by atoms with van der Waals surface area (Å²) >= 11 is 0. The molecule has 2 aliphatic rings. The van der Waals surface area contributed by atoms with Crippen LogP contribution in [-0.4, -0.2) is 73.6 Å². The smallest absolute Gasteiger partial charge is 0.267 e. The molecule has 0 aliphatic carbocycles. The van der Waals surface area contributed by atoms with Crippen LogP contribution >= 0.6 is 0 Å². The van der Waals surface area contributed by atoms with E-state index in [1.165, 1.54) is 5.56 Å². The number of rotatable bonds is 7. The summed E-state index contributed by atoms with van der Waals surface area (Å²) in [6.45, 7) is 3.78. The minimum Gasteiger partial charge on any atom is -0.485 e. The van der Waals surface area contributed by atoms with Gasteiger partial charge in [-0.05, 0) is 30.5 Å². The number of nitrogens with zero attached hydrogens (tertiary/aromatic N) is 2. The van der Waals surface area contributed by atoms with Gasteiger partial charge in [-0.1, -0.05) is 42.5 Å². The molecule has 0 aromatic heterocycles. The second kappa shape index (κ2) is 10.3. The molecule has 0 bridgehead atoms. The number of piperazine rings is 1. The number of nitrogens with one attached hydrogen (secondary N) is 1. The summed E-state index contributed by atoms with van der Waals surface area (Å²) < 4.78 is 11.5. The van der Waals surface area contributed by atoms with E-state index in [-0.39, 0.29) is 18.4 Å². The second-order valence-electron chi connectivity index (χ2n) is 7.90. The average molecular weight is 424 g/mol. The molecule has 1 unspecified atom stereocenters. The summed E-state index contributed by atoms with van der Waals surface area (Å²) in [5.41, 5.74) is 1.29. The largest absolute Gasteiger partial charge is 0.485 e. The van der Waals surface area contributed by atoms with Crippen molar-refractivity contribution in [3.05, 3.63) is 60.2 Å². The minimum atomic E-state index is -0.616. The highest BCUT2D eigenvalue weighted by molar-refractivity contribution is 5.82. The van der Waals surface area contributed by atoms with E-state index in [1.807, 2.05) is 42.5 Å². The fourth-order valence-electron chi connectivity index (χ4n) is 3.90. The van der Waals surface area contributed by atoms with Crippen molar-refractivity contribution in [2.75, 3.05) is 45.9 Å². The van der Waals surface area contributed by atoms with E-state index < -0.39 is 6.10 Å². The molecule has 2 aliphatic heterocycles. The highest BCUT2D eigenvalue weighted by Crippen LogP contribution is 2.31. The summed E-state index contributed by atoms with van der Waals surface area (Å²) in [4.78, 5) is 28.9. The van der Waals surface area contributed by atoms with Crippen molar-refractivity contribution in [1.82, 2.24) is 15.1 Å². The zero-order valence-corrected chi connectivity index (χ0v) is 17.7. The van der Waals surface area contributed by atoms with Crippen molar-refractivity contribution < 1.29 is 19.1 Å². The van der Waals surface area contributed by atoms with E-state index in [9.17, 15) is 9.59 Å². The molecule has 1 N–H and O–H groups in total. The van der Waals surface area contributed by atoms with E-state index in [2.05, 4.69) is 22.3 Å². The fourth-order valence-corrected chi connectivity index (χ4v) is 3.90. The van der Waals surface area contributed by atoms with Gasteiger partial charge < -0.3 is 19.7 Å². The van der Waals surface area contributed by atoms with Crippen LogP contribution in [0.25, 0.3) is 0 Å². The van der Waals surface area contributed by atoms with Gasteiger partial charge in [-0.2, -0.15) is 0 Å². The number of aryl methyl sites for hydroxylation is 1. The number of fused-ring (bicyclic) bond motifs is 1. The van der Waals surface area contributed by atoms with Gasteiger partial charge >= 0.3 is 0 Å². The van der Waals surface area contributed by atoms with E-state index in [0.717, 1.165) is 12.8 Å². The molecular weight excluding hydrogens is 394 g/mol. The molecular formula is C24H29N3O4. The lowest BCUT2D eigenvalue weighted by Gasteiger charge is -2.36. The van der Waals surface area contributed by atoms with Crippen LogP contribution in [0.2, 0.25) is 0 Å². The first kappa shape index (κ1) is 21.2. The number of ether oxygens (including phenoxy) is 2. The molecule has 0 radical (unpaired) electrons. The number of hydrogen-bond acceptors (Lipinski definition) is 5. The molecule has 2 aromatic rings. The van der Waals surface area contributed by atoms with Crippen LogP contribution in [0.15, 0.2) is 54.6 Å². The third kappa shape index (κ3) is 5.76. The summed E-state index contributed by atoms with van der Waals surface area (Å²) in [5, 5.41) is 3.00. The molecule has 7 heteroatoms. The second-order valence-corrected chi connectivity index (χ2v) is 7.90. The predicted molar refractivity (Wildman–Crippen MR) is 117 cm³/mol. The Bertz CT molecular complexity index is 881. The summed E-state index contributed by atoms with van der Waals surface area (Å²) in [5.74, 6) is 1.26. The third-order valence-electron chi connectivity index (χ3n) is 5.64. The SMILES string of the molecule is O=C(CN1CCN(C(=O)C2COc3ccccc3O2)CC1)NCCCc1ccccc1. The van der Waals surface area contributed by atoms with Crippen LogP contribution in [0.3, 0.4) is 0 Å². The van der Waals surface area contributed by atoms with Crippen molar-refractivity contribution >= 4 is 11.8 Å². The summed E-state index contributed by atoms with van der Waals surface area (Å²) in [6.07, 6.45) is 1.26. The van der Waals surface area contributed by atoms with Crippen LogP contribution in [0.1, 0.15) is 12.0 Å². The van der Waals surface area contributed by atoms with Gasteiger partial charge in [-0.3, -0.25) is 14.5 Å². The van der Waals surface area contributed by atoms with Crippen LogP contribution in [0.5, 0.6) is 11.5 Å². The fraction of sp³-hybridized carbons (Fsp3) is 0.417. The van der Waals surface area contributed by atoms with Crippen molar-refractivity contribution in [1.29, 1.82) is 0 Å². The Hall–Kier alpha value is -3.06. The number of hydrogen-bond donors (Lipinski definition) is 1. The van der Waals surface area contributed by atoms with Crippen molar-refractivity contribution in [3.63, 3.8) is 0 Å². The first-order chi connectivity index (χ1) is 15.2. The predicted octanol–water partition coefficient (Wildman–Crippen LogP) is 1.72. The molecule has 1 saturated heterocycles. The molecule has 4 rings (SSSR count). The number of para-hydroxylation sites is 2. The average Bonchev–Trinajstić information content (AvgIpc) is 2.82. The quantitative estimate of drug-likeness (QED) is 0.687. The van der Waals surface area contributed by atoms with Gasteiger partial charge in [0.15, 0.2) is 11.5 Å². The maximum Gasteiger partial charge on any atom is 0.267 e. The highest BCUT2D eigenvalue weighted by Gasteiger charge is 2.32. The Morgan fingerprint density at radius 1 is 0.935 bits per heavy atom. The van der Waals surface area contributed by atoms with Crippen LogP contribution in [-0.2, 0) is 16.0 Å². The van der Waals surface area contributed by atoms with Crippen molar-refractivity contribution in [2.45, 2.75) is 18.9 Å². The summed E-state index contributed by atoms with van der Waals surface area (Å²) in [7, 11) is 0. The molecule has 31 heavy (non-hydrogen) atoms. The van der Waals surface area contributed by atoms with E-state index in [0.29, 0.717) is 50.8 Å². The minimum absolute atomic E-state index is 0.0356. The molecule has 164 valence electrons. The number of amides is 2. The lowest BCUT2D eigenvalue weighted by atomic mass is 10.1. The van der Waals surface area contributed by atoms with E-state index in [1.54, 1.807) is 4.90 Å². The van der Waals surface area contributed by atoms with E-state index in [4.69, 9.17) is 9.47 Å². The van der Waals surface area contributed by atoms with Gasteiger partial charge in [0, 0.05) is 32.7 Å². The Kier molecular flexibility index (Phi) is 7.04. The molecule has 0 spiro atoms. The van der Waals surface area contributed by atoms with Gasteiger partial charge in [-0.25, -0.2) is 0 Å². The normalized spacial score (nSPS) is 18.5. The monoisotopic (exact) mass is 423 g/mol. The third-order valence-corrected chi connectivity index (χ3v) is 5.64. The molecule has 1 fully saturated rings. The molecule has 2 aromatic carbocycles. The maximum absolute atomic E-state index is 12.8. The highest BCUT2D eigenvalue weighted by atomic mass is 16.6. The molecule has 1 atom stereocenters. The lowest BCUT2D eigenvalue weighted by molar-refractivity contribution is -0.143. The van der Waals surface area contributed by atoms with E-state index >= 15 is 0 Å². The molecule has 2 heterocycles. The van der Waals surface area contributed by atoms with Gasteiger partial charge in [0.2, 0.25) is 12.0 Å². The standard InChI is InChI=1S/C24H29N3O4/c28-23(25-12-6-9-19-7-2-1-3-8-19)17-26-13-15-27(16-14-26)24(29)22-18-30-20-10-4-5-11-21(20)31-22/h1-5,7-8,10-11,22H,6,9,12-18H2,(H,25,28). The zero-order chi connectivity index (χ0) is 21.5. The van der Waals surface area contributed by atoms with Gasteiger partial charge in [0.05, 0.1) is 6.54 Å². The van der Waals surface area contributed by atoms with Crippen molar-refractivity contribution in [3.8, 4) is 11.5 Å². The first-order valence-electron chi connectivity index (χ1n) is 10.9.